The second kappa shape index (κ2) is 10.8. The van der Waals surface area contributed by atoms with Crippen molar-refractivity contribution in [1.29, 1.82) is 5.26 Å². The lowest BCUT2D eigenvalue weighted by Gasteiger charge is -2.25. The highest BCUT2D eigenvalue weighted by Gasteiger charge is 2.33. The van der Waals surface area contributed by atoms with Gasteiger partial charge >= 0.3 is 5.97 Å². The fourth-order valence-electron chi connectivity index (χ4n) is 4.10. The first kappa shape index (κ1) is 25.1. The maximum Gasteiger partial charge on any atom is 0.338 e. The largest absolute Gasteiger partial charge is 0.479 e. The molecule has 184 valence electrons. The SMILES string of the molecule is CCOC(=O)C1=C(C)N=c2sc(=Cc3ccc(OCC#N)cc3)c(=O)n2C1c1ccc(C(C)C)cc1. The van der Waals surface area contributed by atoms with Crippen LogP contribution in [0.25, 0.3) is 6.08 Å². The van der Waals surface area contributed by atoms with E-state index in [0.717, 1.165) is 11.1 Å². The molecule has 0 N–H and O–H groups in total. The summed E-state index contributed by atoms with van der Waals surface area (Å²) in [6.07, 6.45) is 1.79. The lowest BCUT2D eigenvalue weighted by molar-refractivity contribution is -0.139. The van der Waals surface area contributed by atoms with Crippen LogP contribution in [0.5, 0.6) is 5.75 Å². The predicted octanol–water partition coefficient (Wildman–Crippen LogP) is 3.82. The summed E-state index contributed by atoms with van der Waals surface area (Å²) < 4.78 is 12.7. The molecule has 7 nitrogen and oxygen atoms in total. The minimum Gasteiger partial charge on any atom is -0.479 e. The van der Waals surface area contributed by atoms with Gasteiger partial charge in [0, 0.05) is 0 Å². The quantitative estimate of drug-likeness (QED) is 0.459. The van der Waals surface area contributed by atoms with Crippen molar-refractivity contribution in [2.24, 2.45) is 4.99 Å². The van der Waals surface area contributed by atoms with Crippen molar-refractivity contribution < 1.29 is 14.3 Å². The Morgan fingerprint density at radius 2 is 1.89 bits per heavy atom. The molecule has 2 aromatic carbocycles. The predicted molar refractivity (Wildman–Crippen MR) is 138 cm³/mol. The number of allylic oxidation sites excluding steroid dienone is 1. The van der Waals surface area contributed by atoms with Gasteiger partial charge in [0.1, 0.15) is 11.8 Å². The highest BCUT2D eigenvalue weighted by molar-refractivity contribution is 7.07. The molecule has 3 aromatic rings. The van der Waals surface area contributed by atoms with Crippen LogP contribution < -0.4 is 19.6 Å². The zero-order valence-corrected chi connectivity index (χ0v) is 21.5. The third-order valence-corrected chi connectivity index (χ3v) is 6.90. The molecular weight excluding hydrogens is 474 g/mol. The highest BCUT2D eigenvalue weighted by Crippen LogP contribution is 2.31. The molecule has 0 radical (unpaired) electrons. The molecule has 36 heavy (non-hydrogen) atoms. The van der Waals surface area contributed by atoms with Crippen LogP contribution in [0.15, 0.2) is 69.6 Å². The Bertz CT molecular complexity index is 1520. The number of hydrogen-bond acceptors (Lipinski definition) is 7. The monoisotopic (exact) mass is 501 g/mol. The molecule has 8 heteroatoms. The molecule has 1 atom stereocenters. The number of rotatable bonds is 7. The molecule has 0 fully saturated rings. The third kappa shape index (κ3) is 5.02. The first-order valence-electron chi connectivity index (χ1n) is 11.7. The summed E-state index contributed by atoms with van der Waals surface area (Å²) in [7, 11) is 0. The van der Waals surface area contributed by atoms with Crippen LogP contribution in [0.3, 0.4) is 0 Å². The number of hydrogen-bond donors (Lipinski definition) is 0. The molecule has 0 saturated carbocycles. The topological polar surface area (TPSA) is 93.7 Å². The van der Waals surface area contributed by atoms with Gasteiger partial charge in [-0.3, -0.25) is 9.36 Å². The summed E-state index contributed by atoms with van der Waals surface area (Å²) in [5, 5.41) is 8.67. The fourth-order valence-corrected chi connectivity index (χ4v) is 5.14. The summed E-state index contributed by atoms with van der Waals surface area (Å²) in [6, 6.07) is 16.4. The molecular formula is C28H27N3O4S. The lowest BCUT2D eigenvalue weighted by atomic mass is 9.93. The van der Waals surface area contributed by atoms with Gasteiger partial charge in [-0.05, 0) is 54.7 Å². The van der Waals surface area contributed by atoms with E-state index in [9.17, 15) is 9.59 Å². The first-order chi connectivity index (χ1) is 17.3. The van der Waals surface area contributed by atoms with Gasteiger partial charge in [-0.15, -0.1) is 0 Å². The third-order valence-electron chi connectivity index (χ3n) is 5.92. The minimum atomic E-state index is -0.634. The van der Waals surface area contributed by atoms with Crippen LogP contribution in [0, 0.1) is 11.3 Å². The van der Waals surface area contributed by atoms with E-state index >= 15 is 0 Å². The Labute approximate surface area is 213 Å². The molecule has 4 rings (SSSR count). The number of carbonyl (C=O) groups excluding carboxylic acids is 1. The summed E-state index contributed by atoms with van der Waals surface area (Å²) in [5.41, 5.74) is 3.49. The van der Waals surface area contributed by atoms with Gasteiger partial charge in [0.25, 0.3) is 5.56 Å². The number of carbonyl (C=O) groups is 1. The van der Waals surface area contributed by atoms with Crippen molar-refractivity contribution in [1.82, 2.24) is 4.57 Å². The Balaban J connectivity index is 1.84. The van der Waals surface area contributed by atoms with E-state index in [2.05, 4.69) is 18.8 Å². The number of fused-ring (bicyclic) bond motifs is 1. The van der Waals surface area contributed by atoms with Crippen molar-refractivity contribution in [2.45, 2.75) is 39.7 Å². The minimum absolute atomic E-state index is 0.0295. The van der Waals surface area contributed by atoms with Crippen LogP contribution >= 0.6 is 11.3 Å². The Morgan fingerprint density at radius 1 is 1.19 bits per heavy atom. The molecule has 0 bridgehead atoms. The van der Waals surface area contributed by atoms with E-state index in [1.165, 1.54) is 16.9 Å². The highest BCUT2D eigenvalue weighted by atomic mass is 32.1. The summed E-state index contributed by atoms with van der Waals surface area (Å²) in [6.45, 7) is 7.97. The maximum atomic E-state index is 13.7. The van der Waals surface area contributed by atoms with E-state index in [-0.39, 0.29) is 18.8 Å². The number of aromatic nitrogens is 1. The average Bonchev–Trinajstić information content (AvgIpc) is 3.17. The van der Waals surface area contributed by atoms with Gasteiger partial charge in [-0.1, -0.05) is 61.6 Å². The zero-order chi connectivity index (χ0) is 25.8. The number of benzene rings is 2. The van der Waals surface area contributed by atoms with E-state index in [0.29, 0.717) is 32.3 Å². The maximum absolute atomic E-state index is 13.7. The summed E-state index contributed by atoms with van der Waals surface area (Å²) >= 11 is 1.28. The second-order valence-corrected chi connectivity index (χ2v) is 9.65. The van der Waals surface area contributed by atoms with Gasteiger partial charge < -0.3 is 9.47 Å². The van der Waals surface area contributed by atoms with Crippen LogP contribution in [-0.2, 0) is 9.53 Å². The zero-order valence-electron chi connectivity index (χ0n) is 20.6. The van der Waals surface area contributed by atoms with Crippen molar-refractivity contribution in [3.8, 4) is 11.8 Å². The molecule has 2 heterocycles. The molecule has 1 aliphatic rings. The Hall–Kier alpha value is -3.96. The van der Waals surface area contributed by atoms with Crippen LogP contribution in [0.4, 0.5) is 0 Å². The van der Waals surface area contributed by atoms with Gasteiger partial charge in [-0.2, -0.15) is 5.26 Å². The second-order valence-electron chi connectivity index (χ2n) is 8.64. The Morgan fingerprint density at radius 3 is 2.50 bits per heavy atom. The van der Waals surface area contributed by atoms with Crippen molar-refractivity contribution in [2.75, 3.05) is 13.2 Å². The number of nitrogens with zero attached hydrogens (tertiary/aromatic N) is 3. The van der Waals surface area contributed by atoms with Crippen molar-refractivity contribution in [3.05, 3.63) is 96.2 Å². The van der Waals surface area contributed by atoms with Crippen LogP contribution in [0.2, 0.25) is 0 Å². The average molecular weight is 502 g/mol. The molecule has 0 saturated heterocycles. The van der Waals surface area contributed by atoms with E-state index in [1.54, 1.807) is 36.6 Å². The standard InChI is InChI=1S/C28H27N3O4S/c1-5-34-27(33)24-18(4)30-28-31(25(24)21-10-8-20(9-11-21)17(2)3)26(32)23(36-28)16-19-6-12-22(13-7-19)35-15-14-29/h6-13,16-17,25H,5,15H2,1-4H3. The smallest absolute Gasteiger partial charge is 0.338 e. The molecule has 0 aliphatic carbocycles. The van der Waals surface area contributed by atoms with Crippen LogP contribution in [-0.4, -0.2) is 23.8 Å². The van der Waals surface area contributed by atoms with Gasteiger partial charge in [0.2, 0.25) is 0 Å². The molecule has 0 amide bonds. The van der Waals surface area contributed by atoms with Crippen molar-refractivity contribution in [3.63, 3.8) is 0 Å². The number of nitriles is 1. The number of esters is 1. The van der Waals surface area contributed by atoms with Gasteiger partial charge in [0.15, 0.2) is 11.4 Å². The van der Waals surface area contributed by atoms with Gasteiger partial charge in [-0.25, -0.2) is 9.79 Å². The molecule has 1 aromatic heterocycles. The van der Waals surface area contributed by atoms with Gasteiger partial charge in [0.05, 0.1) is 28.5 Å². The first-order valence-corrected chi connectivity index (χ1v) is 12.5. The lowest BCUT2D eigenvalue weighted by Crippen LogP contribution is -2.39. The molecule has 1 aliphatic heterocycles. The van der Waals surface area contributed by atoms with E-state index in [4.69, 9.17) is 14.7 Å². The van der Waals surface area contributed by atoms with Crippen LogP contribution in [0.1, 0.15) is 56.3 Å². The van der Waals surface area contributed by atoms with Crippen molar-refractivity contribution >= 4 is 23.4 Å². The number of ether oxygens (including phenoxy) is 2. The van der Waals surface area contributed by atoms with E-state index in [1.807, 2.05) is 42.5 Å². The summed E-state index contributed by atoms with van der Waals surface area (Å²) in [5.74, 6) is 0.466. The molecule has 1 unspecified atom stereocenters. The fraction of sp³-hybridized carbons (Fsp3) is 0.286. The molecule has 0 spiro atoms. The van der Waals surface area contributed by atoms with E-state index < -0.39 is 12.0 Å². The number of thiazole rings is 1. The summed E-state index contributed by atoms with van der Waals surface area (Å²) in [4.78, 5) is 31.8. The Kier molecular flexibility index (Phi) is 7.51. The normalized spacial score (nSPS) is 15.3.